The molecule has 0 unspecified atom stereocenters. The van der Waals surface area contributed by atoms with E-state index in [1.807, 2.05) is 25.2 Å². The average molecular weight is 376 g/mol. The Morgan fingerprint density at radius 2 is 2.06 bits per heavy atom. The lowest BCUT2D eigenvalue weighted by Crippen LogP contribution is -2.00. The third-order valence-electron chi connectivity index (χ3n) is 2.89. The summed E-state index contributed by atoms with van der Waals surface area (Å²) >= 11 is 8.37. The number of nitrogens with two attached hydrogens (primary N) is 1. The minimum Gasteiger partial charge on any atom is -0.384 e. The van der Waals surface area contributed by atoms with Crippen LogP contribution >= 0.6 is 34.2 Å². The summed E-state index contributed by atoms with van der Waals surface area (Å²) in [4.78, 5) is 0. The van der Waals surface area contributed by atoms with Crippen molar-refractivity contribution < 1.29 is 0 Å². The van der Waals surface area contributed by atoms with Crippen molar-refractivity contribution >= 4 is 40.0 Å². The number of nitrogens with zero attached hydrogens (tertiary/aromatic N) is 2. The molecule has 0 spiro atoms. The van der Waals surface area contributed by atoms with Crippen molar-refractivity contribution in [3.63, 3.8) is 0 Å². The zero-order valence-electron chi connectivity index (χ0n) is 10.5. The van der Waals surface area contributed by atoms with Gasteiger partial charge in [-0.2, -0.15) is 5.10 Å². The van der Waals surface area contributed by atoms with E-state index in [1.165, 1.54) is 0 Å². The van der Waals surface area contributed by atoms with Gasteiger partial charge in [0.2, 0.25) is 0 Å². The van der Waals surface area contributed by atoms with Crippen molar-refractivity contribution in [2.45, 2.75) is 19.8 Å². The number of hydrogen-bond acceptors (Lipinski definition) is 2. The lowest BCUT2D eigenvalue weighted by molar-refractivity contribution is 0.779. The quantitative estimate of drug-likeness (QED) is 0.805. The Morgan fingerprint density at radius 3 is 2.67 bits per heavy atom. The SMILES string of the molecule is CC(C)c1c(-c2cc(Cl)ccc2I)nn(C)c1N. The second kappa shape index (κ2) is 5.09. The summed E-state index contributed by atoms with van der Waals surface area (Å²) in [5.74, 6) is 1.04. The average Bonchev–Trinajstić information content (AvgIpc) is 2.59. The van der Waals surface area contributed by atoms with E-state index in [4.69, 9.17) is 17.3 Å². The molecule has 2 rings (SSSR count). The number of benzene rings is 1. The number of aromatic nitrogens is 2. The molecule has 0 saturated heterocycles. The van der Waals surface area contributed by atoms with Crippen LogP contribution in [-0.4, -0.2) is 9.78 Å². The van der Waals surface area contributed by atoms with E-state index < -0.39 is 0 Å². The van der Waals surface area contributed by atoms with Gasteiger partial charge in [0.25, 0.3) is 0 Å². The van der Waals surface area contributed by atoms with Gasteiger partial charge in [-0.05, 0) is 46.7 Å². The Labute approximate surface area is 125 Å². The van der Waals surface area contributed by atoms with E-state index in [-0.39, 0.29) is 0 Å². The van der Waals surface area contributed by atoms with Gasteiger partial charge in [0.1, 0.15) is 5.82 Å². The monoisotopic (exact) mass is 375 g/mol. The Bertz CT molecular complexity index is 590. The number of aryl methyl sites for hydroxylation is 1. The molecule has 0 bridgehead atoms. The maximum atomic E-state index is 6.09. The van der Waals surface area contributed by atoms with Gasteiger partial charge < -0.3 is 5.73 Å². The van der Waals surface area contributed by atoms with Crippen LogP contribution in [0.2, 0.25) is 5.02 Å². The molecule has 3 nitrogen and oxygen atoms in total. The lowest BCUT2D eigenvalue weighted by Gasteiger charge is -2.09. The normalized spacial score (nSPS) is 11.2. The van der Waals surface area contributed by atoms with Gasteiger partial charge in [-0.1, -0.05) is 25.4 Å². The van der Waals surface area contributed by atoms with Gasteiger partial charge in [0.15, 0.2) is 0 Å². The van der Waals surface area contributed by atoms with Gasteiger partial charge >= 0.3 is 0 Å². The maximum Gasteiger partial charge on any atom is 0.125 e. The van der Waals surface area contributed by atoms with Crippen LogP contribution in [0.15, 0.2) is 18.2 Å². The highest BCUT2D eigenvalue weighted by Crippen LogP contribution is 2.35. The molecule has 0 radical (unpaired) electrons. The van der Waals surface area contributed by atoms with E-state index in [1.54, 1.807) is 4.68 Å². The molecule has 2 aromatic rings. The zero-order chi connectivity index (χ0) is 13.4. The fraction of sp³-hybridized carbons (Fsp3) is 0.308. The molecule has 96 valence electrons. The first-order valence-electron chi connectivity index (χ1n) is 5.69. The van der Waals surface area contributed by atoms with E-state index in [0.717, 1.165) is 26.2 Å². The maximum absolute atomic E-state index is 6.09. The smallest absolute Gasteiger partial charge is 0.125 e. The Kier molecular flexibility index (Phi) is 3.87. The van der Waals surface area contributed by atoms with Crippen molar-refractivity contribution in [2.75, 3.05) is 5.73 Å². The molecule has 0 aliphatic carbocycles. The van der Waals surface area contributed by atoms with Crippen LogP contribution in [0.3, 0.4) is 0 Å². The molecule has 0 fully saturated rings. The first-order valence-corrected chi connectivity index (χ1v) is 7.15. The second-order valence-corrected chi connectivity index (χ2v) is 6.15. The number of rotatable bonds is 2. The third-order valence-corrected chi connectivity index (χ3v) is 4.07. The van der Waals surface area contributed by atoms with Crippen LogP contribution in [0.4, 0.5) is 5.82 Å². The second-order valence-electron chi connectivity index (χ2n) is 4.55. The summed E-state index contributed by atoms with van der Waals surface area (Å²) in [7, 11) is 1.86. The summed E-state index contributed by atoms with van der Waals surface area (Å²) in [5, 5.41) is 5.24. The largest absolute Gasteiger partial charge is 0.384 e. The number of hydrogen-bond donors (Lipinski definition) is 1. The van der Waals surface area contributed by atoms with Gasteiger partial charge in [0, 0.05) is 26.8 Å². The molecule has 0 amide bonds. The Morgan fingerprint density at radius 1 is 1.39 bits per heavy atom. The third kappa shape index (κ3) is 2.36. The van der Waals surface area contributed by atoms with Gasteiger partial charge in [-0.15, -0.1) is 0 Å². The van der Waals surface area contributed by atoms with Crippen LogP contribution in [0.5, 0.6) is 0 Å². The van der Waals surface area contributed by atoms with Crippen molar-refractivity contribution in [1.82, 2.24) is 9.78 Å². The zero-order valence-corrected chi connectivity index (χ0v) is 13.5. The topological polar surface area (TPSA) is 43.8 Å². The van der Waals surface area contributed by atoms with E-state index in [9.17, 15) is 0 Å². The van der Waals surface area contributed by atoms with Gasteiger partial charge in [-0.25, -0.2) is 0 Å². The van der Waals surface area contributed by atoms with Crippen LogP contribution in [0, 0.1) is 3.57 Å². The summed E-state index contributed by atoms with van der Waals surface area (Å²) in [5.41, 5.74) is 9.14. The number of nitrogen functional groups attached to an aromatic ring is 1. The molecule has 0 saturated carbocycles. The number of halogens is 2. The van der Waals surface area contributed by atoms with Crippen molar-refractivity contribution in [3.8, 4) is 11.3 Å². The van der Waals surface area contributed by atoms with Gasteiger partial charge in [0.05, 0.1) is 5.69 Å². The van der Waals surface area contributed by atoms with Crippen LogP contribution in [-0.2, 0) is 7.05 Å². The molecule has 5 heteroatoms. The lowest BCUT2D eigenvalue weighted by atomic mass is 9.99. The van der Waals surface area contributed by atoms with E-state index >= 15 is 0 Å². The Hall–Kier alpha value is -0.750. The molecule has 1 aromatic heterocycles. The first kappa shape index (κ1) is 13.7. The predicted molar refractivity (Wildman–Crippen MR) is 84.9 cm³/mol. The number of anilines is 1. The first-order chi connectivity index (χ1) is 8.41. The summed E-state index contributed by atoms with van der Waals surface area (Å²) in [6, 6.07) is 5.82. The molecule has 0 aliphatic heterocycles. The molecular formula is C13H15ClIN3. The standard InChI is InChI=1S/C13H15ClIN3/c1-7(2)11-12(17-18(3)13(11)16)9-6-8(14)4-5-10(9)15/h4-7H,16H2,1-3H3. The highest BCUT2D eigenvalue weighted by atomic mass is 127. The molecule has 18 heavy (non-hydrogen) atoms. The van der Waals surface area contributed by atoms with Gasteiger partial charge in [-0.3, -0.25) is 4.68 Å². The molecule has 0 aliphatic rings. The summed E-state index contributed by atoms with van der Waals surface area (Å²) in [6.07, 6.45) is 0. The minimum absolute atomic E-state index is 0.323. The van der Waals surface area contributed by atoms with Crippen molar-refractivity contribution in [3.05, 3.63) is 32.4 Å². The molecular weight excluding hydrogens is 361 g/mol. The van der Waals surface area contributed by atoms with E-state index in [2.05, 4.69) is 41.5 Å². The predicted octanol–water partition coefficient (Wildman–Crippen LogP) is 4.05. The van der Waals surface area contributed by atoms with Crippen LogP contribution in [0.25, 0.3) is 11.3 Å². The Balaban J connectivity index is 2.71. The van der Waals surface area contributed by atoms with Crippen LogP contribution < -0.4 is 5.73 Å². The minimum atomic E-state index is 0.323. The molecule has 1 aromatic carbocycles. The van der Waals surface area contributed by atoms with E-state index in [0.29, 0.717) is 10.9 Å². The summed E-state index contributed by atoms with van der Waals surface area (Å²) < 4.78 is 2.85. The van der Waals surface area contributed by atoms with Crippen molar-refractivity contribution in [1.29, 1.82) is 0 Å². The molecule has 0 atom stereocenters. The summed E-state index contributed by atoms with van der Waals surface area (Å²) in [6.45, 7) is 4.24. The fourth-order valence-corrected chi connectivity index (χ4v) is 2.76. The highest BCUT2D eigenvalue weighted by Gasteiger charge is 2.19. The van der Waals surface area contributed by atoms with Crippen LogP contribution in [0.1, 0.15) is 25.3 Å². The molecule has 1 heterocycles. The van der Waals surface area contributed by atoms with Crippen molar-refractivity contribution in [2.24, 2.45) is 7.05 Å². The molecule has 2 N–H and O–H groups in total. The highest BCUT2D eigenvalue weighted by molar-refractivity contribution is 14.1. The fourth-order valence-electron chi connectivity index (χ4n) is 2.00.